The van der Waals surface area contributed by atoms with E-state index >= 15 is 0 Å². The summed E-state index contributed by atoms with van der Waals surface area (Å²) in [6.07, 6.45) is 0.414. The number of amides is 1. The largest absolute Gasteiger partial charge is 0.325 e. The molecule has 22 heavy (non-hydrogen) atoms. The molecule has 2 aromatic carbocycles. The van der Waals surface area contributed by atoms with E-state index in [9.17, 15) is 4.79 Å². The Hall–Kier alpha value is -2.25. The number of nitrogens with one attached hydrogen (secondary N) is 1. The third-order valence-electron chi connectivity index (χ3n) is 3.24. The molecular formula is C18H18N2OS. The Morgan fingerprint density at radius 3 is 2.73 bits per heavy atom. The highest BCUT2D eigenvalue weighted by Gasteiger charge is 2.07. The average molecular weight is 310 g/mol. The molecule has 2 rings (SSSR count). The van der Waals surface area contributed by atoms with Crippen LogP contribution in [0.2, 0.25) is 0 Å². The lowest BCUT2D eigenvalue weighted by Crippen LogP contribution is -2.13. The Morgan fingerprint density at radius 1 is 1.23 bits per heavy atom. The topological polar surface area (TPSA) is 52.9 Å². The van der Waals surface area contributed by atoms with Crippen LogP contribution in [0.25, 0.3) is 0 Å². The van der Waals surface area contributed by atoms with E-state index in [0.29, 0.717) is 23.4 Å². The van der Waals surface area contributed by atoms with Gasteiger partial charge in [0.15, 0.2) is 0 Å². The highest BCUT2D eigenvalue weighted by molar-refractivity contribution is 7.99. The van der Waals surface area contributed by atoms with Crippen LogP contribution in [0.5, 0.6) is 0 Å². The molecule has 0 aromatic heterocycles. The lowest BCUT2D eigenvalue weighted by Gasteiger charge is -2.08. The number of carbonyl (C=O) groups is 1. The smallest absolute Gasteiger partial charge is 0.225 e. The Morgan fingerprint density at radius 2 is 2.00 bits per heavy atom. The lowest BCUT2D eigenvalue weighted by atomic mass is 10.2. The van der Waals surface area contributed by atoms with Crippen LogP contribution in [0.15, 0.2) is 47.4 Å². The first-order chi connectivity index (χ1) is 10.6. The van der Waals surface area contributed by atoms with Crippen LogP contribution in [-0.4, -0.2) is 11.7 Å². The minimum atomic E-state index is -0.0695. The number of hydrogen-bond donors (Lipinski definition) is 1. The van der Waals surface area contributed by atoms with Crippen molar-refractivity contribution >= 4 is 23.4 Å². The van der Waals surface area contributed by atoms with E-state index in [4.69, 9.17) is 5.26 Å². The van der Waals surface area contributed by atoms with Crippen LogP contribution in [0.4, 0.5) is 5.69 Å². The molecule has 0 aliphatic rings. The molecule has 4 heteroatoms. The van der Waals surface area contributed by atoms with Crippen LogP contribution < -0.4 is 5.32 Å². The third-order valence-corrected chi connectivity index (χ3v) is 4.42. The molecule has 0 spiro atoms. The predicted molar refractivity (Wildman–Crippen MR) is 91.0 cm³/mol. The molecule has 2 aromatic rings. The SMILES string of the molecule is Cc1ccc(SCCC(=O)Nc2ccccc2C#N)c(C)c1. The van der Waals surface area contributed by atoms with Gasteiger partial charge in [0.25, 0.3) is 0 Å². The highest BCUT2D eigenvalue weighted by Crippen LogP contribution is 2.24. The van der Waals surface area contributed by atoms with Crippen LogP contribution in [0.3, 0.4) is 0 Å². The van der Waals surface area contributed by atoms with E-state index in [1.54, 1.807) is 36.0 Å². The highest BCUT2D eigenvalue weighted by atomic mass is 32.2. The zero-order valence-electron chi connectivity index (χ0n) is 12.7. The fraction of sp³-hybridized carbons (Fsp3) is 0.222. The zero-order valence-corrected chi connectivity index (χ0v) is 13.5. The van der Waals surface area contributed by atoms with Crippen LogP contribution >= 0.6 is 11.8 Å². The number of thioether (sulfide) groups is 1. The third kappa shape index (κ3) is 4.37. The number of benzene rings is 2. The molecule has 0 bridgehead atoms. The molecule has 0 aliphatic carbocycles. The fourth-order valence-electron chi connectivity index (χ4n) is 2.12. The molecule has 0 heterocycles. The normalized spacial score (nSPS) is 10.0. The van der Waals surface area contributed by atoms with Gasteiger partial charge in [-0.1, -0.05) is 29.8 Å². The van der Waals surface area contributed by atoms with Crippen molar-refractivity contribution in [1.29, 1.82) is 5.26 Å². The van der Waals surface area contributed by atoms with Crippen LogP contribution in [0.1, 0.15) is 23.1 Å². The van der Waals surface area contributed by atoms with Crippen molar-refractivity contribution in [2.24, 2.45) is 0 Å². The van der Waals surface area contributed by atoms with Crippen molar-refractivity contribution < 1.29 is 4.79 Å². The van der Waals surface area contributed by atoms with Crippen LogP contribution in [0, 0.1) is 25.2 Å². The van der Waals surface area contributed by atoms with Gasteiger partial charge in [0.05, 0.1) is 11.3 Å². The van der Waals surface area contributed by atoms with Gasteiger partial charge in [-0.15, -0.1) is 11.8 Å². The summed E-state index contributed by atoms with van der Waals surface area (Å²) < 4.78 is 0. The summed E-state index contributed by atoms with van der Waals surface area (Å²) in [6, 6.07) is 15.4. The van der Waals surface area contributed by atoms with Gasteiger partial charge >= 0.3 is 0 Å². The summed E-state index contributed by atoms with van der Waals surface area (Å²) in [7, 11) is 0. The molecule has 0 unspecified atom stereocenters. The van der Waals surface area contributed by atoms with Crippen molar-refractivity contribution in [2.75, 3.05) is 11.1 Å². The summed E-state index contributed by atoms with van der Waals surface area (Å²) in [6.45, 7) is 4.15. The molecule has 112 valence electrons. The van der Waals surface area contributed by atoms with Gasteiger partial charge in [-0.3, -0.25) is 4.79 Å². The lowest BCUT2D eigenvalue weighted by molar-refractivity contribution is -0.115. The quantitative estimate of drug-likeness (QED) is 0.838. The van der Waals surface area contributed by atoms with E-state index in [2.05, 4.69) is 43.4 Å². The van der Waals surface area contributed by atoms with Crippen LogP contribution in [-0.2, 0) is 4.79 Å². The number of nitriles is 1. The second-order valence-electron chi connectivity index (χ2n) is 5.07. The van der Waals surface area contributed by atoms with E-state index in [1.807, 2.05) is 0 Å². The Bertz CT molecular complexity index is 719. The van der Waals surface area contributed by atoms with E-state index < -0.39 is 0 Å². The predicted octanol–water partition coefficient (Wildman–Crippen LogP) is 4.30. The number of carbonyl (C=O) groups excluding carboxylic acids is 1. The number of rotatable bonds is 5. The molecule has 1 amide bonds. The average Bonchev–Trinajstić information content (AvgIpc) is 2.50. The summed E-state index contributed by atoms with van der Waals surface area (Å²) in [4.78, 5) is 13.2. The van der Waals surface area contributed by atoms with Crippen molar-refractivity contribution in [3.8, 4) is 6.07 Å². The van der Waals surface area contributed by atoms with Gasteiger partial charge in [0.2, 0.25) is 5.91 Å². The molecule has 1 N–H and O–H groups in total. The van der Waals surface area contributed by atoms with Gasteiger partial charge in [-0.25, -0.2) is 0 Å². The second-order valence-corrected chi connectivity index (χ2v) is 6.21. The number of anilines is 1. The maximum Gasteiger partial charge on any atom is 0.225 e. The van der Waals surface area contributed by atoms with Crippen molar-refractivity contribution in [3.63, 3.8) is 0 Å². The van der Waals surface area contributed by atoms with Gasteiger partial charge in [-0.2, -0.15) is 5.26 Å². The molecule has 0 fully saturated rings. The molecule has 3 nitrogen and oxygen atoms in total. The first-order valence-corrected chi connectivity index (χ1v) is 8.08. The Balaban J connectivity index is 1.87. The zero-order chi connectivity index (χ0) is 15.9. The Kier molecular flexibility index (Phi) is 5.62. The first-order valence-electron chi connectivity index (χ1n) is 7.09. The van der Waals surface area contributed by atoms with E-state index in [-0.39, 0.29) is 5.91 Å². The first kappa shape index (κ1) is 16.1. The Labute approximate surface area is 135 Å². The number of nitrogens with zero attached hydrogens (tertiary/aromatic N) is 1. The fourth-order valence-corrected chi connectivity index (χ4v) is 3.08. The molecule has 0 aliphatic heterocycles. The minimum absolute atomic E-state index is 0.0695. The number of para-hydroxylation sites is 1. The molecule has 0 saturated heterocycles. The van der Waals surface area contributed by atoms with Crippen molar-refractivity contribution in [2.45, 2.75) is 25.2 Å². The monoisotopic (exact) mass is 310 g/mol. The second kappa shape index (κ2) is 7.67. The standard InChI is InChI=1S/C18H18N2OS/c1-13-7-8-17(14(2)11-13)22-10-9-18(21)20-16-6-4-3-5-15(16)12-19/h3-8,11H,9-10H2,1-2H3,(H,20,21). The minimum Gasteiger partial charge on any atom is -0.325 e. The van der Waals surface area contributed by atoms with Gasteiger partial charge in [-0.05, 0) is 37.6 Å². The maximum absolute atomic E-state index is 12.0. The van der Waals surface area contributed by atoms with Gasteiger partial charge in [0, 0.05) is 17.1 Å². The van der Waals surface area contributed by atoms with E-state index in [0.717, 1.165) is 0 Å². The molecule has 0 radical (unpaired) electrons. The maximum atomic E-state index is 12.0. The summed E-state index contributed by atoms with van der Waals surface area (Å²) in [5, 5.41) is 11.8. The van der Waals surface area contributed by atoms with E-state index in [1.165, 1.54) is 16.0 Å². The summed E-state index contributed by atoms with van der Waals surface area (Å²) in [5.41, 5.74) is 3.54. The molecule has 0 saturated carbocycles. The van der Waals surface area contributed by atoms with Crippen molar-refractivity contribution in [1.82, 2.24) is 0 Å². The number of hydrogen-bond acceptors (Lipinski definition) is 3. The number of aryl methyl sites for hydroxylation is 2. The summed E-state index contributed by atoms with van der Waals surface area (Å²) in [5.74, 6) is 0.643. The van der Waals surface area contributed by atoms with Crippen molar-refractivity contribution in [3.05, 3.63) is 59.2 Å². The van der Waals surface area contributed by atoms with Gasteiger partial charge < -0.3 is 5.32 Å². The van der Waals surface area contributed by atoms with Gasteiger partial charge in [0.1, 0.15) is 6.07 Å². The molecular weight excluding hydrogens is 292 g/mol. The summed E-state index contributed by atoms with van der Waals surface area (Å²) >= 11 is 1.68. The molecule has 0 atom stereocenters.